The highest BCUT2D eigenvalue weighted by atomic mass is 16.7. The Morgan fingerprint density at radius 1 is 0.721 bits per heavy atom. The van der Waals surface area contributed by atoms with Gasteiger partial charge in [0.25, 0.3) is 0 Å². The molecule has 9 heteroatoms. The second kappa shape index (κ2) is 26.7. The van der Waals surface area contributed by atoms with E-state index in [1.165, 1.54) is 84.2 Å². The van der Waals surface area contributed by atoms with Crippen LogP contribution in [0.3, 0.4) is 0 Å². The van der Waals surface area contributed by atoms with Crippen molar-refractivity contribution in [1.29, 1.82) is 0 Å². The highest BCUT2D eigenvalue weighted by molar-refractivity contribution is 5.84. The number of hydrogen-bond donors (Lipinski definition) is 3. The van der Waals surface area contributed by atoms with Crippen molar-refractivity contribution in [2.45, 2.75) is 141 Å². The van der Waals surface area contributed by atoms with Crippen LogP contribution in [0.25, 0.3) is 11.1 Å². The van der Waals surface area contributed by atoms with Gasteiger partial charge in [0.2, 0.25) is 0 Å². The fourth-order valence-electron chi connectivity index (χ4n) is 8.19. The number of carbonyl (C=O) groups is 2. The summed E-state index contributed by atoms with van der Waals surface area (Å²) in [6.07, 6.45) is 15.8. The molecule has 0 aromatic heterocycles. The molecule has 4 aromatic carbocycles. The number of urea groups is 1. The number of benzene rings is 4. The third-order valence-corrected chi connectivity index (χ3v) is 11.8. The van der Waals surface area contributed by atoms with E-state index in [1.54, 1.807) is 0 Å². The minimum atomic E-state index is -0.817. The topological polar surface area (TPSA) is 109 Å². The Morgan fingerprint density at radius 2 is 1.33 bits per heavy atom. The van der Waals surface area contributed by atoms with Gasteiger partial charge in [0.05, 0.1) is 25.9 Å². The van der Waals surface area contributed by atoms with Gasteiger partial charge in [-0.3, -0.25) is 0 Å². The van der Waals surface area contributed by atoms with Crippen molar-refractivity contribution >= 4 is 12.0 Å². The predicted octanol–water partition coefficient (Wildman–Crippen LogP) is 11.0. The molecule has 3 N–H and O–H groups in total. The van der Waals surface area contributed by atoms with Gasteiger partial charge < -0.3 is 34.9 Å². The van der Waals surface area contributed by atoms with Gasteiger partial charge in [0, 0.05) is 31.5 Å². The normalized spacial score (nSPS) is 16.9. The lowest BCUT2D eigenvalue weighted by molar-refractivity contribution is -0.253. The number of carbonyl (C=O) groups excluding carboxylic acids is 2. The Labute approximate surface area is 365 Å². The number of nitrogens with one attached hydrogen (secondary N) is 2. The van der Waals surface area contributed by atoms with Gasteiger partial charge in [-0.25, -0.2) is 9.59 Å². The second-order valence-electron chi connectivity index (χ2n) is 16.6. The minimum absolute atomic E-state index is 0.00875. The molecule has 4 atom stereocenters. The largest absolute Gasteiger partial charge is 0.467 e. The van der Waals surface area contributed by atoms with Crippen molar-refractivity contribution in [3.63, 3.8) is 0 Å². The van der Waals surface area contributed by atoms with Crippen molar-refractivity contribution < 1.29 is 28.9 Å². The van der Waals surface area contributed by atoms with E-state index in [1.807, 2.05) is 60.7 Å². The number of rotatable bonds is 26. The summed E-state index contributed by atoms with van der Waals surface area (Å²) in [5, 5.41) is 15.5. The lowest BCUT2D eigenvalue weighted by Gasteiger charge is -2.38. The maximum atomic E-state index is 13.1. The van der Waals surface area contributed by atoms with Gasteiger partial charge in [0.1, 0.15) is 6.04 Å². The molecule has 5 rings (SSSR count). The number of aliphatic hydroxyl groups is 1. The SMILES string of the molecule is CCCCCCCCN(CCCCCCCC)C[C@H]1C[C@@H](c2ccc(CO)cc2)O[C@@H](c2ccc(-c3ccccc3CNC(=O)N[C@@H](Cc3ccccc3)C(=O)OC)cc2)O1. The van der Waals surface area contributed by atoms with Gasteiger partial charge in [-0.1, -0.05) is 181 Å². The van der Waals surface area contributed by atoms with Crippen LogP contribution in [0.5, 0.6) is 0 Å². The molecule has 1 aliphatic heterocycles. The summed E-state index contributed by atoms with van der Waals surface area (Å²) in [6, 6.07) is 32.7. The molecule has 0 saturated carbocycles. The molecule has 9 nitrogen and oxygen atoms in total. The number of methoxy groups -OCH3 is 1. The van der Waals surface area contributed by atoms with Crippen molar-refractivity contribution in [1.82, 2.24) is 15.5 Å². The summed E-state index contributed by atoms with van der Waals surface area (Å²) >= 11 is 0. The molecule has 330 valence electrons. The van der Waals surface area contributed by atoms with E-state index in [-0.39, 0.29) is 25.4 Å². The number of hydrogen-bond acceptors (Lipinski definition) is 7. The summed E-state index contributed by atoms with van der Waals surface area (Å²) < 4.78 is 18.6. The van der Waals surface area contributed by atoms with Crippen LogP contribution in [0.15, 0.2) is 103 Å². The van der Waals surface area contributed by atoms with Gasteiger partial charge in [-0.2, -0.15) is 0 Å². The fourth-order valence-corrected chi connectivity index (χ4v) is 8.19. The van der Waals surface area contributed by atoms with Crippen molar-refractivity contribution in [2.24, 2.45) is 0 Å². The maximum Gasteiger partial charge on any atom is 0.328 e. The van der Waals surface area contributed by atoms with Gasteiger partial charge in [0.15, 0.2) is 6.29 Å². The van der Waals surface area contributed by atoms with Gasteiger partial charge in [-0.15, -0.1) is 0 Å². The number of nitrogens with zero attached hydrogens (tertiary/aromatic N) is 1. The highest BCUT2D eigenvalue weighted by Gasteiger charge is 2.33. The first-order valence-electron chi connectivity index (χ1n) is 23.0. The van der Waals surface area contributed by atoms with E-state index in [0.717, 1.165) is 65.0 Å². The standard InChI is InChI=1S/C52H71N3O6/c1-4-6-8-10-12-19-33-55(34-20-13-11-9-7-5-2)38-46-36-49(43-27-25-41(39-56)26-28-43)61-51(60-46)44-31-29-42(30-32-44)47-24-18-17-23-45(47)37-53-52(58)54-48(50(57)59-3)35-40-21-15-14-16-22-40/h14-18,21-32,46,48-49,51,56H,4-13,19-20,33-39H2,1-3H3,(H2,53,54,58)/t46-,48+,49+,51+/m1/s1. The zero-order valence-electron chi connectivity index (χ0n) is 37.0. The number of ether oxygens (including phenoxy) is 3. The van der Waals surface area contributed by atoms with Crippen LogP contribution in [0.1, 0.15) is 138 Å². The molecule has 2 amide bonds. The molecule has 0 unspecified atom stereocenters. The molecule has 61 heavy (non-hydrogen) atoms. The Bertz CT molecular complexity index is 1820. The maximum absolute atomic E-state index is 13.1. The summed E-state index contributed by atoms with van der Waals surface area (Å²) in [6.45, 7) is 7.87. The van der Waals surface area contributed by atoms with Crippen LogP contribution >= 0.6 is 0 Å². The predicted molar refractivity (Wildman–Crippen MR) is 245 cm³/mol. The van der Waals surface area contributed by atoms with Crippen LogP contribution < -0.4 is 10.6 Å². The molecule has 4 aromatic rings. The zero-order valence-corrected chi connectivity index (χ0v) is 37.0. The molecule has 0 spiro atoms. The first-order valence-corrected chi connectivity index (χ1v) is 23.0. The number of amides is 2. The lowest BCUT2D eigenvalue weighted by Crippen LogP contribution is -2.47. The minimum Gasteiger partial charge on any atom is -0.467 e. The molecular formula is C52H71N3O6. The molecule has 0 radical (unpaired) electrons. The van der Waals surface area contributed by atoms with Crippen molar-refractivity contribution in [3.8, 4) is 11.1 Å². The molecule has 1 fully saturated rings. The molecule has 0 aliphatic carbocycles. The summed E-state index contributed by atoms with van der Waals surface area (Å²) in [7, 11) is 1.32. The van der Waals surface area contributed by atoms with Gasteiger partial charge >= 0.3 is 12.0 Å². The quantitative estimate of drug-likeness (QED) is 0.0427. The molecule has 1 saturated heterocycles. The number of aliphatic hydroxyl groups excluding tert-OH is 1. The Balaban J connectivity index is 1.27. The highest BCUT2D eigenvalue weighted by Crippen LogP contribution is 2.39. The van der Waals surface area contributed by atoms with E-state index in [0.29, 0.717) is 6.42 Å². The lowest BCUT2D eigenvalue weighted by atomic mass is 9.97. The van der Waals surface area contributed by atoms with E-state index in [9.17, 15) is 14.7 Å². The van der Waals surface area contributed by atoms with Crippen LogP contribution in [0.4, 0.5) is 4.79 Å². The van der Waals surface area contributed by atoms with Crippen molar-refractivity contribution in [2.75, 3.05) is 26.7 Å². The molecule has 1 heterocycles. The van der Waals surface area contributed by atoms with E-state index >= 15 is 0 Å². The molecule has 0 bridgehead atoms. The Kier molecular flexibility index (Phi) is 20.8. The second-order valence-corrected chi connectivity index (χ2v) is 16.6. The summed E-state index contributed by atoms with van der Waals surface area (Å²) in [4.78, 5) is 28.3. The molecular weight excluding hydrogens is 763 g/mol. The third-order valence-electron chi connectivity index (χ3n) is 11.8. The number of esters is 1. The zero-order chi connectivity index (χ0) is 43.1. The fraction of sp³-hybridized carbons (Fsp3) is 0.500. The molecule has 1 aliphatic rings. The van der Waals surface area contributed by atoms with E-state index in [2.05, 4.69) is 71.8 Å². The average Bonchev–Trinajstić information content (AvgIpc) is 3.30. The Hall–Kier alpha value is -4.54. The Morgan fingerprint density at radius 3 is 1.97 bits per heavy atom. The summed E-state index contributed by atoms with van der Waals surface area (Å²) in [5.74, 6) is -0.499. The van der Waals surface area contributed by atoms with Crippen LogP contribution in [0, 0.1) is 0 Å². The van der Waals surface area contributed by atoms with Crippen LogP contribution in [-0.2, 0) is 38.6 Å². The van der Waals surface area contributed by atoms with Gasteiger partial charge in [-0.05, 0) is 59.3 Å². The first-order chi connectivity index (χ1) is 29.9. The van der Waals surface area contributed by atoms with E-state index in [4.69, 9.17) is 14.2 Å². The average molecular weight is 834 g/mol. The third kappa shape index (κ3) is 16.0. The number of unbranched alkanes of at least 4 members (excludes halogenated alkanes) is 10. The summed E-state index contributed by atoms with van der Waals surface area (Å²) in [5.41, 5.74) is 6.79. The van der Waals surface area contributed by atoms with E-state index < -0.39 is 24.3 Å². The smallest absolute Gasteiger partial charge is 0.328 e. The first kappa shape index (κ1) is 47.5. The monoisotopic (exact) mass is 834 g/mol. The van der Waals surface area contributed by atoms with Crippen LogP contribution in [0.2, 0.25) is 0 Å². The van der Waals surface area contributed by atoms with Crippen molar-refractivity contribution in [3.05, 3.63) is 131 Å². The van der Waals surface area contributed by atoms with Crippen LogP contribution in [-0.4, -0.2) is 60.9 Å².